The third-order valence-corrected chi connectivity index (χ3v) is 3.88. The van der Waals surface area contributed by atoms with Crippen molar-refractivity contribution in [1.82, 2.24) is 5.43 Å². The molecular weight excluding hydrogens is 243 g/mol. The van der Waals surface area contributed by atoms with E-state index in [-0.39, 0.29) is 5.56 Å². The Balaban J connectivity index is 1.59. The van der Waals surface area contributed by atoms with Crippen molar-refractivity contribution in [3.8, 4) is 0 Å². The Labute approximate surface area is 111 Å². The molecule has 1 aromatic carbocycles. The number of hydrogen-bond acceptors (Lipinski definition) is 2. The standard InChI is InChI=1S/C15H15FN2O/c16-14-4-2-1-3-13(14)15(19)18-17-9-12-8-10-5-6-11(12)7-10/h1-6,9-12H,7-8H2,(H,18,19)/b17-9-/t10-,11-,12-/m1/s1. The van der Waals surface area contributed by atoms with Crippen LogP contribution in [0.4, 0.5) is 4.39 Å². The Morgan fingerprint density at radius 2 is 2.16 bits per heavy atom. The Morgan fingerprint density at radius 3 is 2.84 bits per heavy atom. The maximum atomic E-state index is 13.4. The van der Waals surface area contributed by atoms with Crippen molar-refractivity contribution in [2.24, 2.45) is 22.9 Å². The zero-order chi connectivity index (χ0) is 13.2. The predicted molar refractivity (Wildman–Crippen MR) is 71.2 cm³/mol. The van der Waals surface area contributed by atoms with Gasteiger partial charge in [0, 0.05) is 12.1 Å². The van der Waals surface area contributed by atoms with Crippen molar-refractivity contribution in [1.29, 1.82) is 0 Å². The number of halogens is 1. The molecule has 1 amide bonds. The molecule has 3 rings (SSSR count). The maximum absolute atomic E-state index is 13.4. The number of amides is 1. The van der Waals surface area contributed by atoms with Crippen molar-refractivity contribution in [3.05, 3.63) is 47.8 Å². The van der Waals surface area contributed by atoms with Gasteiger partial charge in [0.15, 0.2) is 0 Å². The number of nitrogens with one attached hydrogen (secondary N) is 1. The molecule has 0 aromatic heterocycles. The van der Waals surface area contributed by atoms with Crippen LogP contribution in [0, 0.1) is 23.6 Å². The third kappa shape index (κ3) is 2.43. The normalized spacial score (nSPS) is 28.2. The summed E-state index contributed by atoms with van der Waals surface area (Å²) in [4.78, 5) is 11.7. The van der Waals surface area contributed by atoms with Crippen LogP contribution in [0.5, 0.6) is 0 Å². The lowest BCUT2D eigenvalue weighted by atomic mass is 9.95. The lowest BCUT2D eigenvalue weighted by molar-refractivity contribution is 0.0951. The van der Waals surface area contributed by atoms with Gasteiger partial charge in [0.1, 0.15) is 5.82 Å². The fourth-order valence-corrected chi connectivity index (χ4v) is 2.89. The Morgan fingerprint density at radius 1 is 1.32 bits per heavy atom. The van der Waals surface area contributed by atoms with Gasteiger partial charge in [-0.25, -0.2) is 9.82 Å². The topological polar surface area (TPSA) is 41.5 Å². The highest BCUT2D eigenvalue weighted by atomic mass is 19.1. The van der Waals surface area contributed by atoms with Crippen LogP contribution in [0.25, 0.3) is 0 Å². The number of hydrazone groups is 1. The van der Waals surface area contributed by atoms with Gasteiger partial charge in [-0.3, -0.25) is 4.79 Å². The molecule has 2 aliphatic carbocycles. The average Bonchev–Trinajstić information content (AvgIpc) is 3.01. The number of fused-ring (bicyclic) bond motifs is 2. The van der Waals surface area contributed by atoms with E-state index in [1.807, 2.05) is 0 Å². The van der Waals surface area contributed by atoms with Crippen LogP contribution in [0.15, 0.2) is 41.5 Å². The smallest absolute Gasteiger partial charge is 0.267 e. The van der Waals surface area contributed by atoms with E-state index in [2.05, 4.69) is 22.7 Å². The molecule has 98 valence electrons. The number of rotatable bonds is 3. The molecule has 1 saturated carbocycles. The van der Waals surface area contributed by atoms with E-state index in [1.165, 1.54) is 18.6 Å². The summed E-state index contributed by atoms with van der Waals surface area (Å²) in [5.74, 6) is 0.588. The monoisotopic (exact) mass is 258 g/mol. The predicted octanol–water partition coefficient (Wildman–Crippen LogP) is 2.75. The lowest BCUT2D eigenvalue weighted by Gasteiger charge is -2.11. The third-order valence-electron chi connectivity index (χ3n) is 3.88. The highest BCUT2D eigenvalue weighted by molar-refractivity contribution is 5.94. The molecular formula is C15H15FN2O. The summed E-state index contributed by atoms with van der Waals surface area (Å²) in [5.41, 5.74) is 2.41. The summed E-state index contributed by atoms with van der Waals surface area (Å²) in [7, 11) is 0. The minimum absolute atomic E-state index is 0.0208. The van der Waals surface area contributed by atoms with Crippen molar-refractivity contribution in [2.45, 2.75) is 12.8 Å². The zero-order valence-electron chi connectivity index (χ0n) is 10.4. The van der Waals surface area contributed by atoms with Crippen LogP contribution in [-0.2, 0) is 0 Å². The lowest BCUT2D eigenvalue weighted by Crippen LogP contribution is -2.20. The van der Waals surface area contributed by atoms with E-state index in [1.54, 1.807) is 18.3 Å². The summed E-state index contributed by atoms with van der Waals surface area (Å²) in [6.07, 6.45) is 8.56. The van der Waals surface area contributed by atoms with Crippen LogP contribution in [0.1, 0.15) is 23.2 Å². The van der Waals surface area contributed by atoms with Crippen molar-refractivity contribution >= 4 is 12.1 Å². The molecule has 0 heterocycles. The second-order valence-electron chi connectivity index (χ2n) is 5.14. The molecule has 19 heavy (non-hydrogen) atoms. The molecule has 1 aromatic rings. The molecule has 0 aliphatic heterocycles. The van der Waals surface area contributed by atoms with Gasteiger partial charge >= 0.3 is 0 Å². The van der Waals surface area contributed by atoms with Crippen molar-refractivity contribution < 1.29 is 9.18 Å². The molecule has 0 saturated heterocycles. The molecule has 1 fully saturated rings. The van der Waals surface area contributed by atoms with Crippen LogP contribution in [0.2, 0.25) is 0 Å². The number of hydrogen-bond donors (Lipinski definition) is 1. The summed E-state index contributed by atoms with van der Waals surface area (Å²) in [6.45, 7) is 0. The summed E-state index contributed by atoms with van der Waals surface area (Å²) in [6, 6.07) is 5.89. The average molecular weight is 258 g/mol. The van der Waals surface area contributed by atoms with Crippen LogP contribution >= 0.6 is 0 Å². The van der Waals surface area contributed by atoms with E-state index >= 15 is 0 Å². The number of allylic oxidation sites excluding steroid dienone is 2. The number of benzene rings is 1. The molecule has 1 N–H and O–H groups in total. The summed E-state index contributed by atoms with van der Waals surface area (Å²) < 4.78 is 13.4. The molecule has 2 bridgehead atoms. The van der Waals surface area contributed by atoms with E-state index < -0.39 is 11.7 Å². The van der Waals surface area contributed by atoms with Crippen molar-refractivity contribution in [2.75, 3.05) is 0 Å². The molecule has 0 unspecified atom stereocenters. The van der Waals surface area contributed by atoms with Gasteiger partial charge in [0.25, 0.3) is 5.91 Å². The van der Waals surface area contributed by atoms with E-state index in [0.717, 1.165) is 6.42 Å². The van der Waals surface area contributed by atoms with Gasteiger partial charge in [0.2, 0.25) is 0 Å². The Bertz CT molecular complexity index is 553. The molecule has 0 radical (unpaired) electrons. The quantitative estimate of drug-likeness (QED) is 0.505. The van der Waals surface area contributed by atoms with Gasteiger partial charge < -0.3 is 0 Å². The van der Waals surface area contributed by atoms with Crippen molar-refractivity contribution in [3.63, 3.8) is 0 Å². The van der Waals surface area contributed by atoms with Gasteiger partial charge in [-0.15, -0.1) is 0 Å². The highest BCUT2D eigenvalue weighted by Crippen LogP contribution is 2.42. The van der Waals surface area contributed by atoms with E-state index in [9.17, 15) is 9.18 Å². The van der Waals surface area contributed by atoms with E-state index in [4.69, 9.17) is 0 Å². The Kier molecular flexibility index (Phi) is 3.15. The van der Waals surface area contributed by atoms with E-state index in [0.29, 0.717) is 17.8 Å². The van der Waals surface area contributed by atoms with Gasteiger partial charge in [0.05, 0.1) is 5.56 Å². The first-order valence-corrected chi connectivity index (χ1v) is 6.50. The Hall–Kier alpha value is -1.97. The van der Waals surface area contributed by atoms with Crippen LogP contribution < -0.4 is 5.43 Å². The summed E-state index contributed by atoms with van der Waals surface area (Å²) >= 11 is 0. The maximum Gasteiger partial charge on any atom is 0.274 e. The first-order valence-electron chi connectivity index (χ1n) is 6.50. The number of carbonyl (C=O) groups excluding carboxylic acids is 1. The zero-order valence-corrected chi connectivity index (χ0v) is 10.4. The number of nitrogens with zero attached hydrogens (tertiary/aromatic N) is 1. The fraction of sp³-hybridized carbons (Fsp3) is 0.333. The first kappa shape index (κ1) is 12.1. The minimum atomic E-state index is -0.530. The second kappa shape index (κ2) is 4.96. The number of carbonyl (C=O) groups is 1. The minimum Gasteiger partial charge on any atom is -0.267 e. The largest absolute Gasteiger partial charge is 0.274 e. The highest BCUT2D eigenvalue weighted by Gasteiger charge is 2.34. The van der Waals surface area contributed by atoms with Gasteiger partial charge in [-0.2, -0.15) is 5.10 Å². The molecule has 2 aliphatic rings. The molecule has 0 spiro atoms. The second-order valence-corrected chi connectivity index (χ2v) is 5.14. The van der Waals surface area contributed by atoms with Gasteiger partial charge in [-0.1, -0.05) is 24.3 Å². The molecule has 3 atom stereocenters. The fourth-order valence-electron chi connectivity index (χ4n) is 2.89. The summed E-state index contributed by atoms with van der Waals surface area (Å²) in [5, 5.41) is 3.96. The molecule has 4 heteroatoms. The van der Waals surface area contributed by atoms with Crippen LogP contribution in [-0.4, -0.2) is 12.1 Å². The molecule has 3 nitrogen and oxygen atoms in total. The first-order chi connectivity index (χ1) is 9.24. The van der Waals surface area contributed by atoms with Crippen LogP contribution in [0.3, 0.4) is 0 Å². The van der Waals surface area contributed by atoms with Gasteiger partial charge in [-0.05, 0) is 36.8 Å². The SMILES string of the molecule is O=C(N/N=C\[C@H]1C[C@@H]2C=C[C@@H]1C2)c1ccccc1F.